The molecule has 1 aromatic heterocycles. The number of amides is 2. The molecule has 0 aliphatic carbocycles. The van der Waals surface area contributed by atoms with Gasteiger partial charge in [-0.15, -0.1) is 0 Å². The lowest BCUT2D eigenvalue weighted by Crippen LogP contribution is -2.32. The van der Waals surface area contributed by atoms with Gasteiger partial charge < -0.3 is 5.32 Å². The third-order valence-corrected chi connectivity index (χ3v) is 5.07. The van der Waals surface area contributed by atoms with E-state index in [1.54, 1.807) is 18.5 Å². The van der Waals surface area contributed by atoms with Crippen molar-refractivity contribution in [3.63, 3.8) is 0 Å². The summed E-state index contributed by atoms with van der Waals surface area (Å²) in [5, 5.41) is 3.21. The number of benzene rings is 2. The van der Waals surface area contributed by atoms with Crippen molar-refractivity contribution in [3.05, 3.63) is 101 Å². The molecule has 29 heavy (non-hydrogen) atoms. The van der Waals surface area contributed by atoms with E-state index in [0.717, 1.165) is 16.8 Å². The van der Waals surface area contributed by atoms with Gasteiger partial charge in [0.1, 0.15) is 5.70 Å². The summed E-state index contributed by atoms with van der Waals surface area (Å²) in [6, 6.07) is 18.8. The maximum Gasteiger partial charge on any atom is 0.278 e. The van der Waals surface area contributed by atoms with E-state index < -0.39 is 0 Å². The lowest BCUT2D eigenvalue weighted by atomic mass is 10.0. The van der Waals surface area contributed by atoms with Gasteiger partial charge in [0.05, 0.1) is 12.1 Å². The predicted molar refractivity (Wildman–Crippen MR) is 113 cm³/mol. The second kappa shape index (κ2) is 7.72. The van der Waals surface area contributed by atoms with Gasteiger partial charge in [0.25, 0.3) is 11.8 Å². The van der Waals surface area contributed by atoms with Crippen molar-refractivity contribution in [3.8, 4) is 0 Å². The van der Waals surface area contributed by atoms with Crippen LogP contribution in [0.4, 0.5) is 5.69 Å². The summed E-state index contributed by atoms with van der Waals surface area (Å²) in [5.41, 5.74) is 5.26. The molecular weight excluding hydrogens is 362 g/mol. The van der Waals surface area contributed by atoms with Crippen LogP contribution in [0.15, 0.2) is 78.8 Å². The molecule has 0 saturated heterocycles. The van der Waals surface area contributed by atoms with E-state index in [-0.39, 0.29) is 18.4 Å². The summed E-state index contributed by atoms with van der Waals surface area (Å²) in [6.45, 7) is 4.23. The molecule has 0 saturated carbocycles. The Balaban J connectivity index is 1.74. The lowest BCUT2D eigenvalue weighted by Gasteiger charge is -2.15. The second-order valence-electron chi connectivity index (χ2n) is 7.10. The fraction of sp³-hybridized carbons (Fsp3) is 0.125. The molecule has 0 atom stereocenters. The Labute approximate surface area is 169 Å². The summed E-state index contributed by atoms with van der Waals surface area (Å²) in [7, 11) is 0. The number of carbonyl (C=O) groups is 2. The Morgan fingerprint density at radius 1 is 0.897 bits per heavy atom. The SMILES string of the molecule is Cc1ccc(NC2=C(c3ccccc3)C(=O)N(Cc3cccnc3)C2=O)cc1C. The summed E-state index contributed by atoms with van der Waals surface area (Å²) < 4.78 is 0. The van der Waals surface area contributed by atoms with E-state index in [1.807, 2.05) is 68.4 Å². The molecule has 0 radical (unpaired) electrons. The summed E-state index contributed by atoms with van der Waals surface area (Å²) in [4.78, 5) is 31.8. The fourth-order valence-electron chi connectivity index (χ4n) is 3.35. The number of aryl methyl sites for hydroxylation is 2. The molecule has 1 N–H and O–H groups in total. The zero-order valence-electron chi connectivity index (χ0n) is 16.3. The maximum atomic E-state index is 13.2. The molecule has 3 aromatic rings. The molecule has 0 fully saturated rings. The highest BCUT2D eigenvalue weighted by atomic mass is 16.2. The van der Waals surface area contributed by atoms with E-state index in [9.17, 15) is 9.59 Å². The highest BCUT2D eigenvalue weighted by Crippen LogP contribution is 2.31. The molecule has 2 aromatic carbocycles. The van der Waals surface area contributed by atoms with Crippen LogP contribution in [0.25, 0.3) is 5.57 Å². The van der Waals surface area contributed by atoms with Gasteiger partial charge in [0.15, 0.2) is 0 Å². The minimum atomic E-state index is -0.337. The van der Waals surface area contributed by atoms with Gasteiger partial charge in [-0.25, -0.2) is 0 Å². The van der Waals surface area contributed by atoms with Crippen LogP contribution >= 0.6 is 0 Å². The van der Waals surface area contributed by atoms with Crippen molar-refractivity contribution in [1.82, 2.24) is 9.88 Å². The zero-order valence-corrected chi connectivity index (χ0v) is 16.3. The molecule has 1 aliphatic heterocycles. The van der Waals surface area contributed by atoms with Gasteiger partial charge in [-0.2, -0.15) is 0 Å². The first kappa shape index (κ1) is 18.6. The third kappa shape index (κ3) is 3.67. The Kier molecular flexibility index (Phi) is 4.96. The highest BCUT2D eigenvalue weighted by molar-refractivity contribution is 6.36. The van der Waals surface area contributed by atoms with Crippen molar-refractivity contribution < 1.29 is 9.59 Å². The van der Waals surface area contributed by atoms with Gasteiger partial charge >= 0.3 is 0 Å². The Hall–Kier alpha value is -3.73. The molecule has 4 rings (SSSR count). The van der Waals surface area contributed by atoms with E-state index >= 15 is 0 Å². The molecule has 144 valence electrons. The Bertz CT molecular complexity index is 1110. The first-order valence-electron chi connectivity index (χ1n) is 9.43. The largest absolute Gasteiger partial charge is 0.350 e. The number of anilines is 1. The van der Waals surface area contributed by atoms with Crippen molar-refractivity contribution in [2.75, 3.05) is 5.32 Å². The number of imide groups is 1. The number of carbonyl (C=O) groups excluding carboxylic acids is 2. The predicted octanol–water partition coefficient (Wildman–Crippen LogP) is 4.09. The van der Waals surface area contributed by atoms with Crippen LogP contribution in [0.3, 0.4) is 0 Å². The standard InChI is InChI=1S/C24H21N3O2/c1-16-10-11-20(13-17(16)2)26-22-21(19-8-4-3-5-9-19)23(28)27(24(22)29)15-18-7-6-12-25-14-18/h3-14,26H,15H2,1-2H3. The van der Waals surface area contributed by atoms with Gasteiger partial charge in [-0.3, -0.25) is 19.5 Å². The smallest absolute Gasteiger partial charge is 0.278 e. The van der Waals surface area contributed by atoms with E-state index in [0.29, 0.717) is 16.8 Å². The number of rotatable bonds is 5. The van der Waals surface area contributed by atoms with Crippen LogP contribution in [0.5, 0.6) is 0 Å². The monoisotopic (exact) mass is 383 g/mol. The van der Waals surface area contributed by atoms with Crippen molar-refractivity contribution >= 4 is 23.1 Å². The lowest BCUT2D eigenvalue weighted by molar-refractivity contribution is -0.137. The average molecular weight is 383 g/mol. The number of nitrogens with zero attached hydrogens (tertiary/aromatic N) is 2. The van der Waals surface area contributed by atoms with Crippen molar-refractivity contribution in [1.29, 1.82) is 0 Å². The second-order valence-corrected chi connectivity index (χ2v) is 7.10. The third-order valence-electron chi connectivity index (χ3n) is 5.07. The normalized spacial score (nSPS) is 13.9. The molecule has 0 unspecified atom stereocenters. The zero-order chi connectivity index (χ0) is 20.4. The number of nitrogens with one attached hydrogen (secondary N) is 1. The minimum Gasteiger partial charge on any atom is -0.350 e. The van der Waals surface area contributed by atoms with Gasteiger partial charge in [0, 0.05) is 18.1 Å². The van der Waals surface area contributed by atoms with Crippen LogP contribution in [-0.2, 0) is 16.1 Å². The molecule has 0 bridgehead atoms. The topological polar surface area (TPSA) is 62.3 Å². The molecule has 5 heteroatoms. The van der Waals surface area contributed by atoms with E-state index in [2.05, 4.69) is 10.3 Å². The number of pyridine rings is 1. The number of aromatic nitrogens is 1. The Morgan fingerprint density at radius 2 is 1.69 bits per heavy atom. The Morgan fingerprint density at radius 3 is 2.38 bits per heavy atom. The summed E-state index contributed by atoms with van der Waals surface area (Å²) in [5.74, 6) is -0.646. The van der Waals surface area contributed by atoms with Crippen LogP contribution in [0, 0.1) is 13.8 Å². The van der Waals surface area contributed by atoms with Gasteiger partial charge in [-0.1, -0.05) is 42.5 Å². The molecule has 2 amide bonds. The fourth-order valence-corrected chi connectivity index (χ4v) is 3.35. The summed E-state index contributed by atoms with van der Waals surface area (Å²) in [6.07, 6.45) is 3.33. The quantitative estimate of drug-likeness (QED) is 0.674. The van der Waals surface area contributed by atoms with Gasteiger partial charge in [-0.05, 0) is 54.3 Å². The van der Waals surface area contributed by atoms with Crippen molar-refractivity contribution in [2.24, 2.45) is 0 Å². The minimum absolute atomic E-state index is 0.181. The van der Waals surface area contributed by atoms with Gasteiger partial charge in [0.2, 0.25) is 0 Å². The number of hydrogen-bond acceptors (Lipinski definition) is 4. The average Bonchev–Trinajstić information content (AvgIpc) is 2.96. The highest BCUT2D eigenvalue weighted by Gasteiger charge is 2.39. The maximum absolute atomic E-state index is 13.2. The van der Waals surface area contributed by atoms with E-state index in [4.69, 9.17) is 0 Å². The van der Waals surface area contributed by atoms with Crippen LogP contribution < -0.4 is 5.32 Å². The van der Waals surface area contributed by atoms with Crippen molar-refractivity contribution in [2.45, 2.75) is 20.4 Å². The summed E-state index contributed by atoms with van der Waals surface area (Å²) >= 11 is 0. The molecule has 0 spiro atoms. The van der Waals surface area contributed by atoms with E-state index in [1.165, 1.54) is 10.5 Å². The molecular formula is C24H21N3O2. The van der Waals surface area contributed by atoms with Crippen LogP contribution in [0.2, 0.25) is 0 Å². The van der Waals surface area contributed by atoms with Crippen LogP contribution in [-0.4, -0.2) is 21.7 Å². The first-order chi connectivity index (χ1) is 14.0. The molecule has 2 heterocycles. The molecule has 1 aliphatic rings. The number of hydrogen-bond donors (Lipinski definition) is 1. The van der Waals surface area contributed by atoms with Crippen LogP contribution in [0.1, 0.15) is 22.3 Å². The first-order valence-corrected chi connectivity index (χ1v) is 9.43. The molecule has 5 nitrogen and oxygen atoms in total.